The number of nitrogens with zero attached hydrogens (tertiary/aromatic N) is 1. The molecule has 0 amide bonds. The Hall–Kier alpha value is -0.120. The average Bonchev–Trinajstić information content (AvgIpc) is 2.13. The van der Waals surface area contributed by atoms with Crippen LogP contribution in [-0.4, -0.2) is 44.7 Å². The van der Waals surface area contributed by atoms with Crippen molar-refractivity contribution in [2.24, 2.45) is 11.7 Å². The number of hydrogen-bond donors (Lipinski definition) is 2. The van der Waals surface area contributed by atoms with Gasteiger partial charge in [0.25, 0.3) is 0 Å². The highest BCUT2D eigenvalue weighted by Crippen LogP contribution is 2.17. The van der Waals surface area contributed by atoms with E-state index < -0.39 is 0 Å². The number of piperidine rings is 1. The molecule has 3 nitrogen and oxygen atoms in total. The summed E-state index contributed by atoms with van der Waals surface area (Å²) >= 11 is 0. The Labute approximate surface area is 81.7 Å². The van der Waals surface area contributed by atoms with Crippen molar-refractivity contribution in [2.75, 3.05) is 39.8 Å². The van der Waals surface area contributed by atoms with E-state index in [0.29, 0.717) is 0 Å². The maximum Gasteiger partial charge on any atom is 0.00745 e. The summed E-state index contributed by atoms with van der Waals surface area (Å²) in [6, 6.07) is 0. The van der Waals surface area contributed by atoms with Crippen molar-refractivity contribution < 1.29 is 0 Å². The van der Waals surface area contributed by atoms with Gasteiger partial charge in [0.05, 0.1) is 0 Å². The van der Waals surface area contributed by atoms with E-state index in [4.69, 9.17) is 5.73 Å². The molecule has 0 radical (unpaired) electrons. The van der Waals surface area contributed by atoms with Gasteiger partial charge in [-0.3, -0.25) is 0 Å². The van der Waals surface area contributed by atoms with Crippen LogP contribution in [-0.2, 0) is 0 Å². The zero-order valence-corrected chi connectivity index (χ0v) is 8.76. The first-order valence-corrected chi connectivity index (χ1v) is 5.42. The summed E-state index contributed by atoms with van der Waals surface area (Å²) in [5.74, 6) is 0.907. The van der Waals surface area contributed by atoms with Gasteiger partial charge in [0, 0.05) is 19.6 Å². The maximum absolute atomic E-state index is 5.40. The van der Waals surface area contributed by atoms with Gasteiger partial charge in [0.1, 0.15) is 0 Å². The molecule has 1 fully saturated rings. The summed E-state index contributed by atoms with van der Waals surface area (Å²) in [6.07, 6.45) is 4.09. The fraction of sp³-hybridized carbons (Fsp3) is 1.00. The number of nitrogens with two attached hydrogens (primary N) is 1. The molecule has 0 bridgehead atoms. The summed E-state index contributed by atoms with van der Waals surface area (Å²) in [6.45, 7) is 5.42. The summed E-state index contributed by atoms with van der Waals surface area (Å²) in [5, 5.41) is 3.35. The quantitative estimate of drug-likeness (QED) is 0.604. The fourth-order valence-corrected chi connectivity index (χ4v) is 2.04. The molecule has 0 aromatic carbocycles. The standard InChI is InChI=1S/C10H23N3/c1-13-8-2-3-10(9-13)4-6-12-7-5-11/h10,12H,2-9,11H2,1H3. The third-order valence-electron chi connectivity index (χ3n) is 2.77. The topological polar surface area (TPSA) is 41.3 Å². The summed E-state index contributed by atoms with van der Waals surface area (Å²) < 4.78 is 0. The molecule has 0 spiro atoms. The molecule has 1 unspecified atom stereocenters. The lowest BCUT2D eigenvalue weighted by Gasteiger charge is -2.29. The van der Waals surface area contributed by atoms with Crippen LogP contribution in [0.3, 0.4) is 0 Å². The molecule has 1 saturated heterocycles. The molecule has 13 heavy (non-hydrogen) atoms. The Morgan fingerprint density at radius 2 is 2.31 bits per heavy atom. The van der Waals surface area contributed by atoms with Crippen LogP contribution in [0.15, 0.2) is 0 Å². The minimum absolute atomic E-state index is 0.755. The smallest absolute Gasteiger partial charge is 0.00745 e. The van der Waals surface area contributed by atoms with Crippen molar-refractivity contribution in [3.05, 3.63) is 0 Å². The van der Waals surface area contributed by atoms with E-state index in [9.17, 15) is 0 Å². The first-order chi connectivity index (χ1) is 6.33. The van der Waals surface area contributed by atoms with Crippen molar-refractivity contribution in [2.45, 2.75) is 19.3 Å². The van der Waals surface area contributed by atoms with Gasteiger partial charge in [-0.05, 0) is 45.3 Å². The number of hydrogen-bond acceptors (Lipinski definition) is 3. The normalized spacial score (nSPS) is 24.9. The second-order valence-corrected chi connectivity index (χ2v) is 4.10. The Bertz CT molecular complexity index is 127. The highest BCUT2D eigenvalue weighted by atomic mass is 15.1. The van der Waals surface area contributed by atoms with Gasteiger partial charge >= 0.3 is 0 Å². The number of nitrogens with one attached hydrogen (secondary N) is 1. The second-order valence-electron chi connectivity index (χ2n) is 4.10. The van der Waals surface area contributed by atoms with E-state index in [-0.39, 0.29) is 0 Å². The highest BCUT2D eigenvalue weighted by molar-refractivity contribution is 4.71. The molecular formula is C10H23N3. The van der Waals surface area contributed by atoms with E-state index in [1.807, 2.05) is 0 Å². The monoisotopic (exact) mass is 185 g/mol. The Morgan fingerprint density at radius 1 is 1.46 bits per heavy atom. The van der Waals surface area contributed by atoms with E-state index in [1.54, 1.807) is 0 Å². The van der Waals surface area contributed by atoms with Crippen molar-refractivity contribution in [1.29, 1.82) is 0 Å². The third kappa shape index (κ3) is 4.60. The fourth-order valence-electron chi connectivity index (χ4n) is 2.04. The summed E-state index contributed by atoms with van der Waals surface area (Å²) in [4.78, 5) is 2.44. The van der Waals surface area contributed by atoms with Crippen LogP contribution in [0.2, 0.25) is 0 Å². The Balaban J connectivity index is 2.00. The molecule has 0 aromatic heterocycles. The van der Waals surface area contributed by atoms with Crippen LogP contribution in [0.5, 0.6) is 0 Å². The molecule has 0 saturated carbocycles. The molecule has 0 aromatic rings. The van der Waals surface area contributed by atoms with Crippen LogP contribution < -0.4 is 11.1 Å². The van der Waals surface area contributed by atoms with Gasteiger partial charge in [-0.1, -0.05) is 0 Å². The van der Waals surface area contributed by atoms with Crippen LogP contribution in [0.4, 0.5) is 0 Å². The Kier molecular flexibility index (Phi) is 5.35. The van der Waals surface area contributed by atoms with E-state index in [0.717, 1.165) is 25.6 Å². The van der Waals surface area contributed by atoms with Gasteiger partial charge in [-0.15, -0.1) is 0 Å². The molecule has 78 valence electrons. The van der Waals surface area contributed by atoms with E-state index in [1.165, 1.54) is 32.4 Å². The molecular weight excluding hydrogens is 162 g/mol. The molecule has 1 rings (SSSR count). The van der Waals surface area contributed by atoms with Crippen LogP contribution in [0.25, 0.3) is 0 Å². The molecule has 0 aliphatic carbocycles. The van der Waals surface area contributed by atoms with Gasteiger partial charge < -0.3 is 16.0 Å². The third-order valence-corrected chi connectivity index (χ3v) is 2.77. The van der Waals surface area contributed by atoms with Crippen molar-refractivity contribution in [3.63, 3.8) is 0 Å². The van der Waals surface area contributed by atoms with Gasteiger partial charge in [-0.25, -0.2) is 0 Å². The lowest BCUT2D eigenvalue weighted by Crippen LogP contribution is -2.34. The second kappa shape index (κ2) is 6.35. The predicted molar refractivity (Wildman–Crippen MR) is 56.8 cm³/mol. The van der Waals surface area contributed by atoms with E-state index in [2.05, 4.69) is 17.3 Å². The van der Waals surface area contributed by atoms with Gasteiger partial charge in [0.15, 0.2) is 0 Å². The first kappa shape index (κ1) is 11.0. The predicted octanol–water partition coefficient (Wildman–Crippen LogP) is 0.267. The SMILES string of the molecule is CN1CCCC(CCNCCN)C1. The minimum atomic E-state index is 0.755. The van der Waals surface area contributed by atoms with Crippen molar-refractivity contribution in [3.8, 4) is 0 Å². The van der Waals surface area contributed by atoms with Crippen molar-refractivity contribution in [1.82, 2.24) is 10.2 Å². The first-order valence-electron chi connectivity index (χ1n) is 5.42. The molecule has 1 atom stereocenters. The zero-order chi connectivity index (χ0) is 9.52. The number of rotatable bonds is 5. The lowest BCUT2D eigenvalue weighted by atomic mass is 9.95. The van der Waals surface area contributed by atoms with Crippen LogP contribution in [0.1, 0.15) is 19.3 Å². The van der Waals surface area contributed by atoms with E-state index >= 15 is 0 Å². The van der Waals surface area contributed by atoms with Crippen molar-refractivity contribution >= 4 is 0 Å². The number of likely N-dealkylation sites (tertiary alicyclic amines) is 1. The molecule has 1 heterocycles. The average molecular weight is 185 g/mol. The molecule has 1 aliphatic rings. The minimum Gasteiger partial charge on any atom is -0.329 e. The molecule has 3 heteroatoms. The Morgan fingerprint density at radius 3 is 3.00 bits per heavy atom. The van der Waals surface area contributed by atoms with Crippen LogP contribution >= 0.6 is 0 Å². The lowest BCUT2D eigenvalue weighted by molar-refractivity contribution is 0.201. The molecule has 3 N–H and O–H groups in total. The summed E-state index contributed by atoms with van der Waals surface area (Å²) in [5.41, 5.74) is 5.40. The maximum atomic E-state index is 5.40. The van der Waals surface area contributed by atoms with Crippen LogP contribution in [0, 0.1) is 5.92 Å². The zero-order valence-electron chi connectivity index (χ0n) is 8.76. The highest BCUT2D eigenvalue weighted by Gasteiger charge is 2.15. The van der Waals surface area contributed by atoms with Gasteiger partial charge in [-0.2, -0.15) is 0 Å². The van der Waals surface area contributed by atoms with Gasteiger partial charge in [0.2, 0.25) is 0 Å². The largest absolute Gasteiger partial charge is 0.329 e. The summed E-state index contributed by atoms with van der Waals surface area (Å²) in [7, 11) is 2.22. The molecule has 1 aliphatic heterocycles.